The van der Waals surface area contributed by atoms with Gasteiger partial charge in [-0.2, -0.15) is 5.10 Å². The molecule has 1 saturated heterocycles. The van der Waals surface area contributed by atoms with Gasteiger partial charge in [0.25, 0.3) is 0 Å². The largest absolute Gasteiger partial charge is 0.352 e. The molecule has 1 aliphatic heterocycles. The Hall–Kier alpha value is -1.69. The van der Waals surface area contributed by atoms with Gasteiger partial charge >= 0.3 is 0 Å². The zero-order valence-electron chi connectivity index (χ0n) is 12.4. The molecule has 1 aliphatic rings. The van der Waals surface area contributed by atoms with E-state index in [-0.39, 0.29) is 0 Å². The van der Waals surface area contributed by atoms with E-state index in [9.17, 15) is 0 Å². The Balaban J connectivity index is 1.89. The number of nitrogens with zero attached hydrogens (tertiary/aromatic N) is 5. The fraction of sp³-hybridized carbons (Fsp3) is 0.643. The van der Waals surface area contributed by atoms with E-state index < -0.39 is 0 Å². The summed E-state index contributed by atoms with van der Waals surface area (Å²) in [4.78, 5) is 11.2. The molecule has 0 saturated carbocycles. The first-order valence-electron chi connectivity index (χ1n) is 7.29. The highest BCUT2D eigenvalue weighted by molar-refractivity contribution is 5.86. The van der Waals surface area contributed by atoms with E-state index in [4.69, 9.17) is 0 Å². The summed E-state index contributed by atoms with van der Waals surface area (Å²) >= 11 is 0. The second kappa shape index (κ2) is 5.36. The van der Waals surface area contributed by atoms with Crippen LogP contribution in [0, 0.1) is 0 Å². The zero-order valence-corrected chi connectivity index (χ0v) is 12.4. The first-order chi connectivity index (χ1) is 9.66. The summed E-state index contributed by atoms with van der Waals surface area (Å²) in [6.45, 7) is 6.43. The van der Waals surface area contributed by atoms with Crippen molar-refractivity contribution in [2.45, 2.75) is 38.8 Å². The lowest BCUT2D eigenvalue weighted by atomic mass is 10.2. The van der Waals surface area contributed by atoms with Crippen LogP contribution in [-0.2, 0) is 7.05 Å². The number of anilines is 1. The van der Waals surface area contributed by atoms with Crippen LogP contribution in [0.2, 0.25) is 0 Å². The van der Waals surface area contributed by atoms with Gasteiger partial charge in [0.15, 0.2) is 5.65 Å². The van der Waals surface area contributed by atoms with Crippen LogP contribution in [0.15, 0.2) is 12.5 Å². The average molecular weight is 274 g/mol. The number of fused-ring (bicyclic) bond motifs is 1. The van der Waals surface area contributed by atoms with Crippen LogP contribution in [0.25, 0.3) is 11.0 Å². The maximum atomic E-state index is 4.51. The summed E-state index contributed by atoms with van der Waals surface area (Å²) in [5, 5.41) is 8.88. The van der Waals surface area contributed by atoms with E-state index in [1.807, 2.05) is 13.2 Å². The third-order valence-electron chi connectivity index (χ3n) is 3.92. The Morgan fingerprint density at radius 3 is 3.05 bits per heavy atom. The van der Waals surface area contributed by atoms with Crippen molar-refractivity contribution in [2.24, 2.45) is 7.05 Å². The highest BCUT2D eigenvalue weighted by atomic mass is 15.3. The van der Waals surface area contributed by atoms with Gasteiger partial charge in [-0.25, -0.2) is 9.97 Å². The fourth-order valence-electron chi connectivity index (χ4n) is 2.88. The minimum absolute atomic E-state index is 0.510. The van der Waals surface area contributed by atoms with Crippen LogP contribution in [0.3, 0.4) is 0 Å². The van der Waals surface area contributed by atoms with Crippen molar-refractivity contribution >= 4 is 16.9 Å². The minimum Gasteiger partial charge on any atom is -0.352 e. The molecule has 0 radical (unpaired) electrons. The van der Waals surface area contributed by atoms with E-state index in [0.717, 1.165) is 29.9 Å². The molecule has 0 aromatic carbocycles. The molecule has 0 amide bonds. The van der Waals surface area contributed by atoms with Crippen molar-refractivity contribution in [1.82, 2.24) is 25.1 Å². The van der Waals surface area contributed by atoms with Crippen molar-refractivity contribution in [3.63, 3.8) is 0 Å². The molecule has 0 spiro atoms. The smallest absolute Gasteiger partial charge is 0.163 e. The van der Waals surface area contributed by atoms with Crippen LogP contribution >= 0.6 is 0 Å². The van der Waals surface area contributed by atoms with Gasteiger partial charge in [0.2, 0.25) is 0 Å². The molecule has 0 bridgehead atoms. The molecule has 1 unspecified atom stereocenters. The number of aromatic nitrogens is 4. The van der Waals surface area contributed by atoms with Gasteiger partial charge in [-0.15, -0.1) is 0 Å². The summed E-state index contributed by atoms with van der Waals surface area (Å²) in [5.74, 6) is 1.02. The Bertz CT molecular complexity index is 590. The summed E-state index contributed by atoms with van der Waals surface area (Å²) in [7, 11) is 1.92. The quantitative estimate of drug-likeness (QED) is 0.911. The predicted molar refractivity (Wildman–Crippen MR) is 79.8 cm³/mol. The summed E-state index contributed by atoms with van der Waals surface area (Å²) in [5.41, 5.74) is 0.900. The summed E-state index contributed by atoms with van der Waals surface area (Å²) < 4.78 is 1.80. The minimum atomic E-state index is 0.510. The molecule has 6 heteroatoms. The highest BCUT2D eigenvalue weighted by Crippen LogP contribution is 2.28. The predicted octanol–water partition coefficient (Wildman–Crippen LogP) is 1.33. The Kier molecular flexibility index (Phi) is 3.56. The molecule has 108 valence electrons. The molecule has 2 aromatic heterocycles. The van der Waals surface area contributed by atoms with Crippen LogP contribution in [0.5, 0.6) is 0 Å². The van der Waals surface area contributed by atoms with Gasteiger partial charge in [-0.3, -0.25) is 4.68 Å². The molecule has 1 fully saturated rings. The van der Waals surface area contributed by atoms with E-state index in [1.165, 1.54) is 12.8 Å². The van der Waals surface area contributed by atoms with Crippen LogP contribution in [-0.4, -0.2) is 44.9 Å². The van der Waals surface area contributed by atoms with Gasteiger partial charge in [0, 0.05) is 32.2 Å². The third kappa shape index (κ3) is 2.35. The van der Waals surface area contributed by atoms with E-state index >= 15 is 0 Å². The second-order valence-electron chi connectivity index (χ2n) is 5.76. The molecular weight excluding hydrogens is 252 g/mol. The molecule has 3 heterocycles. The lowest BCUT2D eigenvalue weighted by Crippen LogP contribution is -2.40. The van der Waals surface area contributed by atoms with Gasteiger partial charge in [0.1, 0.15) is 12.1 Å². The van der Waals surface area contributed by atoms with E-state index in [0.29, 0.717) is 12.1 Å². The molecular formula is C14H22N6. The van der Waals surface area contributed by atoms with Crippen molar-refractivity contribution in [3.05, 3.63) is 12.5 Å². The van der Waals surface area contributed by atoms with Crippen LogP contribution in [0.1, 0.15) is 26.7 Å². The number of nitrogens with one attached hydrogen (secondary N) is 1. The van der Waals surface area contributed by atoms with Crippen molar-refractivity contribution in [3.8, 4) is 0 Å². The number of hydrogen-bond acceptors (Lipinski definition) is 5. The van der Waals surface area contributed by atoms with Gasteiger partial charge in [0.05, 0.1) is 11.6 Å². The monoisotopic (exact) mass is 274 g/mol. The molecule has 3 rings (SSSR count). The summed E-state index contributed by atoms with van der Waals surface area (Å²) in [6.07, 6.45) is 5.95. The topological polar surface area (TPSA) is 58.9 Å². The number of rotatable bonds is 4. The van der Waals surface area contributed by atoms with Gasteiger partial charge in [-0.1, -0.05) is 13.8 Å². The highest BCUT2D eigenvalue weighted by Gasteiger charge is 2.27. The Labute approximate surface area is 119 Å². The van der Waals surface area contributed by atoms with Crippen molar-refractivity contribution in [1.29, 1.82) is 0 Å². The lowest BCUT2D eigenvalue weighted by molar-refractivity contribution is 0.523. The van der Waals surface area contributed by atoms with E-state index in [2.05, 4.69) is 39.1 Å². The fourth-order valence-corrected chi connectivity index (χ4v) is 2.88. The maximum Gasteiger partial charge on any atom is 0.163 e. The number of hydrogen-bond donors (Lipinski definition) is 1. The van der Waals surface area contributed by atoms with Gasteiger partial charge in [-0.05, 0) is 12.8 Å². The van der Waals surface area contributed by atoms with Gasteiger partial charge < -0.3 is 10.2 Å². The molecule has 20 heavy (non-hydrogen) atoms. The molecule has 6 nitrogen and oxygen atoms in total. The SMILES string of the molecule is CC(C)NCC1CCCN1c1ncnc2c1cnn2C. The first kappa shape index (κ1) is 13.3. The number of aryl methyl sites for hydroxylation is 1. The van der Waals surface area contributed by atoms with Crippen molar-refractivity contribution < 1.29 is 0 Å². The molecule has 2 aromatic rings. The second-order valence-corrected chi connectivity index (χ2v) is 5.76. The standard InChI is InChI=1S/C14H22N6/c1-10(2)15-7-11-5-4-6-20(11)14-12-8-18-19(3)13(12)16-9-17-14/h8-11,15H,4-7H2,1-3H3. The Morgan fingerprint density at radius 1 is 1.40 bits per heavy atom. The average Bonchev–Trinajstić information content (AvgIpc) is 3.03. The molecule has 0 aliphatic carbocycles. The maximum absolute atomic E-state index is 4.51. The summed E-state index contributed by atoms with van der Waals surface area (Å²) in [6, 6.07) is 1.02. The van der Waals surface area contributed by atoms with Crippen molar-refractivity contribution in [2.75, 3.05) is 18.0 Å². The zero-order chi connectivity index (χ0) is 14.1. The first-order valence-corrected chi connectivity index (χ1v) is 7.29. The van der Waals surface area contributed by atoms with E-state index in [1.54, 1.807) is 11.0 Å². The van der Waals surface area contributed by atoms with Crippen LogP contribution in [0.4, 0.5) is 5.82 Å². The molecule has 1 N–H and O–H groups in total. The normalized spacial score (nSPS) is 19.4. The Morgan fingerprint density at radius 2 is 2.25 bits per heavy atom. The lowest BCUT2D eigenvalue weighted by Gasteiger charge is -2.27. The van der Waals surface area contributed by atoms with Crippen LogP contribution < -0.4 is 10.2 Å². The third-order valence-corrected chi connectivity index (χ3v) is 3.92. The molecule has 1 atom stereocenters.